The molecule has 148 valence electrons. The van der Waals surface area contributed by atoms with Crippen LogP contribution in [0.4, 0.5) is 11.5 Å². The van der Waals surface area contributed by atoms with E-state index < -0.39 is 0 Å². The molecule has 6 heteroatoms. The fraction of sp³-hybridized carbons (Fsp3) is 0.500. The lowest BCUT2D eigenvalue weighted by molar-refractivity contribution is -0.136. The van der Waals surface area contributed by atoms with Crippen molar-refractivity contribution in [1.29, 1.82) is 0 Å². The minimum atomic E-state index is 0.139. The first-order valence-electron chi connectivity index (χ1n) is 10.3. The molecule has 1 amide bonds. The van der Waals surface area contributed by atoms with Gasteiger partial charge in [0, 0.05) is 50.9 Å². The minimum Gasteiger partial charge on any atom is -0.368 e. The van der Waals surface area contributed by atoms with Gasteiger partial charge < -0.3 is 14.7 Å². The van der Waals surface area contributed by atoms with Gasteiger partial charge in [0.25, 0.3) is 0 Å². The molecule has 3 heterocycles. The third-order valence-electron chi connectivity index (χ3n) is 5.91. The van der Waals surface area contributed by atoms with Crippen LogP contribution in [0.3, 0.4) is 0 Å². The predicted molar refractivity (Wildman–Crippen MR) is 112 cm³/mol. The number of hydrogen-bond acceptors (Lipinski definition) is 5. The number of amides is 1. The minimum absolute atomic E-state index is 0.139. The van der Waals surface area contributed by atoms with Crippen molar-refractivity contribution in [3.63, 3.8) is 0 Å². The zero-order valence-corrected chi connectivity index (χ0v) is 16.8. The van der Waals surface area contributed by atoms with Crippen LogP contribution >= 0.6 is 0 Å². The molecule has 0 radical (unpaired) electrons. The normalized spacial score (nSPS) is 18.4. The Morgan fingerprint density at radius 2 is 1.64 bits per heavy atom. The summed E-state index contributed by atoms with van der Waals surface area (Å²) in [5, 5.41) is 8.43. The molecule has 28 heavy (non-hydrogen) atoms. The molecule has 0 unspecified atom stereocenters. The van der Waals surface area contributed by atoms with E-state index in [-0.39, 0.29) is 5.92 Å². The Bertz CT molecular complexity index is 806. The van der Waals surface area contributed by atoms with Gasteiger partial charge >= 0.3 is 0 Å². The number of hydrogen-bond donors (Lipinski definition) is 0. The summed E-state index contributed by atoms with van der Waals surface area (Å²) >= 11 is 0. The highest BCUT2D eigenvalue weighted by Gasteiger charge is 2.30. The molecule has 0 bridgehead atoms. The number of aryl methyl sites for hydroxylation is 2. The summed E-state index contributed by atoms with van der Waals surface area (Å²) in [6, 6.07) is 12.6. The summed E-state index contributed by atoms with van der Waals surface area (Å²) in [5.74, 6) is 1.39. The zero-order valence-electron chi connectivity index (χ0n) is 16.8. The zero-order chi connectivity index (χ0) is 19.5. The molecular formula is C22H29N5O. The molecule has 0 aliphatic carbocycles. The van der Waals surface area contributed by atoms with E-state index in [1.807, 2.05) is 19.1 Å². The van der Waals surface area contributed by atoms with Crippen molar-refractivity contribution in [3.05, 3.63) is 47.7 Å². The summed E-state index contributed by atoms with van der Waals surface area (Å²) in [5.41, 5.74) is 3.47. The lowest BCUT2D eigenvalue weighted by atomic mass is 9.95. The van der Waals surface area contributed by atoms with E-state index in [0.29, 0.717) is 5.91 Å². The number of rotatable bonds is 3. The van der Waals surface area contributed by atoms with Crippen molar-refractivity contribution >= 4 is 17.4 Å². The van der Waals surface area contributed by atoms with Gasteiger partial charge in [-0.1, -0.05) is 12.1 Å². The molecule has 2 aliphatic heterocycles. The Kier molecular flexibility index (Phi) is 5.46. The van der Waals surface area contributed by atoms with Crippen molar-refractivity contribution in [2.75, 3.05) is 49.1 Å². The molecule has 0 saturated carbocycles. The number of piperidine rings is 1. The van der Waals surface area contributed by atoms with Crippen molar-refractivity contribution in [2.24, 2.45) is 5.92 Å². The van der Waals surface area contributed by atoms with Crippen LogP contribution in [0.1, 0.15) is 24.1 Å². The van der Waals surface area contributed by atoms with Gasteiger partial charge in [-0.25, -0.2) is 0 Å². The van der Waals surface area contributed by atoms with Crippen LogP contribution in [-0.4, -0.2) is 60.3 Å². The SMILES string of the molecule is Cc1cccc(N2CCN(C(=O)C3CCN(c4ccc(C)nn4)CC3)CC2)c1. The molecule has 2 aliphatic rings. The number of carbonyl (C=O) groups is 1. The molecule has 2 fully saturated rings. The van der Waals surface area contributed by atoms with Gasteiger partial charge in [-0.3, -0.25) is 4.79 Å². The predicted octanol–water partition coefficient (Wildman–Crippen LogP) is 2.66. The lowest BCUT2D eigenvalue weighted by Crippen LogP contribution is -2.51. The van der Waals surface area contributed by atoms with Crippen molar-refractivity contribution in [1.82, 2.24) is 15.1 Å². The van der Waals surface area contributed by atoms with E-state index in [0.717, 1.165) is 63.6 Å². The van der Waals surface area contributed by atoms with Crippen LogP contribution in [0.25, 0.3) is 0 Å². The first kappa shape index (κ1) is 18.7. The van der Waals surface area contributed by atoms with Crippen LogP contribution in [0.15, 0.2) is 36.4 Å². The second-order valence-electron chi connectivity index (χ2n) is 7.95. The van der Waals surface area contributed by atoms with E-state index in [2.05, 4.69) is 56.1 Å². The number of aromatic nitrogens is 2. The smallest absolute Gasteiger partial charge is 0.225 e. The maximum absolute atomic E-state index is 13.0. The van der Waals surface area contributed by atoms with Crippen LogP contribution in [0, 0.1) is 19.8 Å². The highest BCUT2D eigenvalue weighted by Crippen LogP contribution is 2.24. The Labute approximate surface area is 167 Å². The van der Waals surface area contributed by atoms with Crippen molar-refractivity contribution in [2.45, 2.75) is 26.7 Å². The molecule has 2 saturated heterocycles. The molecule has 1 aromatic carbocycles. The average Bonchev–Trinajstić information content (AvgIpc) is 2.74. The number of piperazine rings is 1. The second-order valence-corrected chi connectivity index (χ2v) is 7.95. The Morgan fingerprint density at radius 3 is 2.29 bits per heavy atom. The quantitative estimate of drug-likeness (QED) is 0.821. The largest absolute Gasteiger partial charge is 0.368 e. The van der Waals surface area contributed by atoms with Crippen LogP contribution in [0.2, 0.25) is 0 Å². The van der Waals surface area contributed by atoms with Crippen LogP contribution in [0.5, 0.6) is 0 Å². The van der Waals surface area contributed by atoms with E-state index in [9.17, 15) is 4.79 Å². The van der Waals surface area contributed by atoms with Crippen molar-refractivity contribution < 1.29 is 4.79 Å². The topological polar surface area (TPSA) is 52.6 Å². The maximum Gasteiger partial charge on any atom is 0.225 e. The van der Waals surface area contributed by atoms with Gasteiger partial charge in [0.15, 0.2) is 5.82 Å². The second kappa shape index (κ2) is 8.17. The average molecular weight is 380 g/mol. The van der Waals surface area contributed by atoms with Crippen LogP contribution in [-0.2, 0) is 4.79 Å². The number of nitrogens with zero attached hydrogens (tertiary/aromatic N) is 5. The fourth-order valence-corrected chi connectivity index (χ4v) is 4.18. The number of carbonyl (C=O) groups excluding carboxylic acids is 1. The number of benzene rings is 1. The van der Waals surface area contributed by atoms with Gasteiger partial charge in [-0.05, 0) is 56.5 Å². The van der Waals surface area contributed by atoms with Gasteiger partial charge in [0.1, 0.15) is 0 Å². The highest BCUT2D eigenvalue weighted by atomic mass is 16.2. The van der Waals surface area contributed by atoms with Gasteiger partial charge in [-0.15, -0.1) is 5.10 Å². The van der Waals surface area contributed by atoms with E-state index in [4.69, 9.17) is 0 Å². The molecule has 2 aromatic rings. The van der Waals surface area contributed by atoms with Crippen molar-refractivity contribution in [3.8, 4) is 0 Å². The van der Waals surface area contributed by atoms with E-state index in [1.165, 1.54) is 11.3 Å². The monoisotopic (exact) mass is 379 g/mol. The Morgan fingerprint density at radius 1 is 0.893 bits per heavy atom. The molecule has 1 aromatic heterocycles. The Balaban J connectivity index is 1.28. The summed E-state index contributed by atoms with van der Waals surface area (Å²) in [6.07, 6.45) is 1.79. The molecule has 0 N–H and O–H groups in total. The standard InChI is InChI=1S/C22H29N5O/c1-17-4-3-5-20(16-17)25-12-14-27(15-13-25)22(28)19-8-10-26(11-9-19)21-7-6-18(2)23-24-21/h3-7,16,19H,8-15H2,1-2H3. The summed E-state index contributed by atoms with van der Waals surface area (Å²) in [6.45, 7) is 9.26. The van der Waals surface area contributed by atoms with Gasteiger partial charge in [0.2, 0.25) is 5.91 Å². The summed E-state index contributed by atoms with van der Waals surface area (Å²) in [4.78, 5) is 19.7. The number of anilines is 2. The molecule has 0 atom stereocenters. The Hall–Kier alpha value is -2.63. The van der Waals surface area contributed by atoms with Gasteiger partial charge in [-0.2, -0.15) is 5.10 Å². The third kappa shape index (κ3) is 4.11. The van der Waals surface area contributed by atoms with Gasteiger partial charge in [0.05, 0.1) is 5.69 Å². The third-order valence-corrected chi connectivity index (χ3v) is 5.91. The summed E-state index contributed by atoms with van der Waals surface area (Å²) in [7, 11) is 0. The molecular weight excluding hydrogens is 350 g/mol. The highest BCUT2D eigenvalue weighted by molar-refractivity contribution is 5.79. The molecule has 0 spiro atoms. The molecule has 6 nitrogen and oxygen atoms in total. The lowest BCUT2D eigenvalue weighted by Gasteiger charge is -2.39. The fourth-order valence-electron chi connectivity index (χ4n) is 4.18. The summed E-state index contributed by atoms with van der Waals surface area (Å²) < 4.78 is 0. The first-order valence-corrected chi connectivity index (χ1v) is 10.3. The maximum atomic E-state index is 13.0. The van der Waals surface area contributed by atoms with E-state index in [1.54, 1.807) is 0 Å². The van der Waals surface area contributed by atoms with E-state index >= 15 is 0 Å². The molecule has 4 rings (SSSR count). The first-order chi connectivity index (χ1) is 13.6. The van der Waals surface area contributed by atoms with Crippen LogP contribution < -0.4 is 9.80 Å².